The first-order chi connectivity index (χ1) is 5.72. The Morgan fingerprint density at radius 2 is 2.25 bits per heavy atom. The van der Waals surface area contributed by atoms with E-state index in [-0.39, 0.29) is 0 Å². The Bertz CT molecular complexity index is 125. The summed E-state index contributed by atoms with van der Waals surface area (Å²) in [5, 5.41) is 3.50. The summed E-state index contributed by atoms with van der Waals surface area (Å²) >= 11 is 0. The van der Waals surface area contributed by atoms with E-state index in [1.54, 1.807) is 0 Å². The van der Waals surface area contributed by atoms with Crippen LogP contribution in [-0.2, 0) is 4.74 Å². The van der Waals surface area contributed by atoms with Crippen molar-refractivity contribution >= 4 is 0 Å². The molecule has 1 saturated heterocycles. The number of hydrogen-bond acceptors (Lipinski definition) is 2. The molecule has 1 fully saturated rings. The summed E-state index contributed by atoms with van der Waals surface area (Å²) in [5.41, 5.74) is 0. The highest BCUT2D eigenvalue weighted by Crippen LogP contribution is 2.16. The van der Waals surface area contributed by atoms with Crippen LogP contribution in [0.5, 0.6) is 0 Å². The minimum Gasteiger partial charge on any atom is -0.377 e. The van der Waals surface area contributed by atoms with Gasteiger partial charge in [0.1, 0.15) is 0 Å². The first-order valence-electron chi connectivity index (χ1n) is 5.07. The molecule has 0 aromatic heterocycles. The molecule has 1 N–H and O–H groups in total. The van der Waals surface area contributed by atoms with E-state index in [4.69, 9.17) is 4.74 Å². The lowest BCUT2D eigenvalue weighted by Crippen LogP contribution is -2.23. The van der Waals surface area contributed by atoms with E-state index in [2.05, 4.69) is 26.1 Å². The molecule has 1 aliphatic heterocycles. The van der Waals surface area contributed by atoms with Gasteiger partial charge in [-0.1, -0.05) is 13.8 Å². The molecule has 2 heteroatoms. The molecule has 0 aromatic rings. The summed E-state index contributed by atoms with van der Waals surface area (Å²) in [6.45, 7) is 8.51. The molecular weight excluding hydrogens is 150 g/mol. The van der Waals surface area contributed by atoms with E-state index < -0.39 is 0 Å². The van der Waals surface area contributed by atoms with Crippen LogP contribution >= 0.6 is 0 Å². The van der Waals surface area contributed by atoms with Crippen LogP contribution in [0.2, 0.25) is 0 Å². The van der Waals surface area contributed by atoms with Gasteiger partial charge in [-0.05, 0) is 25.7 Å². The molecule has 12 heavy (non-hydrogen) atoms. The highest BCUT2D eigenvalue weighted by Gasteiger charge is 2.24. The molecule has 0 spiro atoms. The van der Waals surface area contributed by atoms with E-state index in [0.29, 0.717) is 12.1 Å². The highest BCUT2D eigenvalue weighted by atomic mass is 16.5. The van der Waals surface area contributed by atoms with Crippen molar-refractivity contribution in [2.24, 2.45) is 5.92 Å². The lowest BCUT2D eigenvalue weighted by molar-refractivity contribution is 0.0753. The zero-order valence-electron chi connectivity index (χ0n) is 8.47. The van der Waals surface area contributed by atoms with Crippen LogP contribution in [0.4, 0.5) is 0 Å². The van der Waals surface area contributed by atoms with Crippen LogP contribution < -0.4 is 5.32 Å². The molecule has 0 radical (unpaired) electrons. The summed E-state index contributed by atoms with van der Waals surface area (Å²) < 4.78 is 5.55. The van der Waals surface area contributed by atoms with E-state index in [0.717, 1.165) is 19.1 Å². The molecule has 0 amide bonds. The maximum atomic E-state index is 5.55. The monoisotopic (exact) mass is 171 g/mol. The van der Waals surface area contributed by atoms with Gasteiger partial charge in [0.25, 0.3) is 0 Å². The molecule has 2 unspecified atom stereocenters. The number of hydrogen-bond donors (Lipinski definition) is 1. The first kappa shape index (κ1) is 10.0. The Morgan fingerprint density at radius 1 is 1.50 bits per heavy atom. The molecule has 0 aromatic carbocycles. The maximum absolute atomic E-state index is 5.55. The minimum atomic E-state index is 0.471. The topological polar surface area (TPSA) is 21.3 Å². The third-order valence-corrected chi connectivity index (χ3v) is 2.34. The first-order valence-corrected chi connectivity index (χ1v) is 5.07. The predicted molar refractivity (Wildman–Crippen MR) is 51.3 cm³/mol. The molecule has 0 aliphatic carbocycles. The molecule has 0 saturated carbocycles. The largest absolute Gasteiger partial charge is 0.377 e. The quantitative estimate of drug-likeness (QED) is 0.696. The summed E-state index contributed by atoms with van der Waals surface area (Å²) in [5.74, 6) is 0.794. The van der Waals surface area contributed by atoms with Crippen molar-refractivity contribution < 1.29 is 4.74 Å². The van der Waals surface area contributed by atoms with Gasteiger partial charge in [-0.3, -0.25) is 0 Å². The normalized spacial score (nSPS) is 30.0. The summed E-state index contributed by atoms with van der Waals surface area (Å²) in [4.78, 5) is 0. The van der Waals surface area contributed by atoms with Crippen LogP contribution in [0, 0.1) is 5.92 Å². The highest BCUT2D eigenvalue weighted by molar-refractivity contribution is 4.82. The van der Waals surface area contributed by atoms with Gasteiger partial charge in [0.15, 0.2) is 0 Å². The third-order valence-electron chi connectivity index (χ3n) is 2.34. The molecule has 72 valence electrons. The summed E-state index contributed by atoms with van der Waals surface area (Å²) in [7, 11) is 0. The Labute approximate surface area is 75.7 Å². The van der Waals surface area contributed by atoms with Crippen LogP contribution in [0.15, 0.2) is 0 Å². The Balaban J connectivity index is 2.16. The van der Waals surface area contributed by atoms with Gasteiger partial charge in [-0.25, -0.2) is 0 Å². The second-order valence-corrected chi connectivity index (χ2v) is 4.05. The van der Waals surface area contributed by atoms with Crippen LogP contribution in [-0.4, -0.2) is 25.3 Å². The van der Waals surface area contributed by atoms with Gasteiger partial charge >= 0.3 is 0 Å². The third kappa shape index (κ3) is 3.11. The molecule has 1 rings (SSSR count). The van der Waals surface area contributed by atoms with Crippen LogP contribution in [0.3, 0.4) is 0 Å². The van der Waals surface area contributed by atoms with Crippen molar-refractivity contribution in [2.75, 3.05) is 13.2 Å². The van der Waals surface area contributed by atoms with Crippen molar-refractivity contribution in [3.63, 3.8) is 0 Å². The number of rotatable bonds is 4. The summed E-state index contributed by atoms with van der Waals surface area (Å²) in [6.07, 6.45) is 2.95. The lowest BCUT2D eigenvalue weighted by atomic mass is 10.0. The lowest BCUT2D eigenvalue weighted by Gasteiger charge is -2.12. The molecule has 2 nitrogen and oxygen atoms in total. The van der Waals surface area contributed by atoms with Crippen molar-refractivity contribution in [3.8, 4) is 0 Å². The van der Waals surface area contributed by atoms with Gasteiger partial charge in [0.05, 0.1) is 6.10 Å². The fraction of sp³-hybridized carbons (Fsp3) is 1.00. The van der Waals surface area contributed by atoms with E-state index >= 15 is 0 Å². The minimum absolute atomic E-state index is 0.471. The fourth-order valence-corrected chi connectivity index (χ4v) is 1.89. The van der Waals surface area contributed by atoms with Crippen LogP contribution in [0.1, 0.15) is 33.6 Å². The maximum Gasteiger partial charge on any atom is 0.0714 e. The molecule has 0 bridgehead atoms. The Kier molecular flexibility index (Phi) is 4.02. The second kappa shape index (κ2) is 4.83. The van der Waals surface area contributed by atoms with Crippen molar-refractivity contribution in [2.45, 2.75) is 45.8 Å². The average Bonchev–Trinajstić information content (AvgIpc) is 2.36. The van der Waals surface area contributed by atoms with Crippen LogP contribution in [0.25, 0.3) is 0 Å². The van der Waals surface area contributed by atoms with E-state index in [1.165, 1.54) is 12.8 Å². The van der Waals surface area contributed by atoms with Gasteiger partial charge < -0.3 is 10.1 Å². The van der Waals surface area contributed by atoms with E-state index in [9.17, 15) is 0 Å². The average molecular weight is 171 g/mol. The fourth-order valence-electron chi connectivity index (χ4n) is 1.89. The Morgan fingerprint density at radius 3 is 2.83 bits per heavy atom. The number of nitrogens with one attached hydrogen (secondary N) is 1. The van der Waals surface area contributed by atoms with Gasteiger partial charge in [0.2, 0.25) is 0 Å². The Hall–Kier alpha value is -0.0800. The van der Waals surface area contributed by atoms with Gasteiger partial charge in [-0.15, -0.1) is 0 Å². The smallest absolute Gasteiger partial charge is 0.0714 e. The second-order valence-electron chi connectivity index (χ2n) is 4.05. The molecule has 1 aliphatic rings. The van der Waals surface area contributed by atoms with Gasteiger partial charge in [0, 0.05) is 19.2 Å². The molecule has 1 heterocycles. The van der Waals surface area contributed by atoms with Crippen molar-refractivity contribution in [1.82, 2.24) is 5.32 Å². The zero-order chi connectivity index (χ0) is 8.97. The van der Waals surface area contributed by atoms with Gasteiger partial charge in [-0.2, -0.15) is 0 Å². The van der Waals surface area contributed by atoms with E-state index in [1.807, 2.05) is 0 Å². The zero-order valence-corrected chi connectivity index (χ0v) is 8.47. The standard InChI is InChI=1S/C10H21NO/c1-4-12-10-6-9(11-7-10)5-8(2)3/h8-11H,4-7H2,1-3H3. The number of ether oxygens (including phenoxy) is 1. The van der Waals surface area contributed by atoms with Crippen molar-refractivity contribution in [1.29, 1.82) is 0 Å². The summed E-state index contributed by atoms with van der Waals surface area (Å²) in [6, 6.07) is 0.696. The van der Waals surface area contributed by atoms with Crippen molar-refractivity contribution in [3.05, 3.63) is 0 Å². The SMILES string of the molecule is CCOC1CNC(CC(C)C)C1. The molecule has 2 atom stereocenters. The predicted octanol–water partition coefficient (Wildman–Crippen LogP) is 1.80. The molecular formula is C10H21NO.